The highest BCUT2D eigenvalue weighted by Crippen LogP contribution is 2.18. The molecule has 1 atom stereocenters. The molecule has 8 nitrogen and oxygen atoms in total. The van der Waals surface area contributed by atoms with Gasteiger partial charge in [-0.2, -0.15) is 0 Å². The first-order valence-corrected chi connectivity index (χ1v) is 8.51. The molecule has 1 amide bonds. The summed E-state index contributed by atoms with van der Waals surface area (Å²) in [6.07, 6.45) is 0. The number of nitro groups is 1. The highest BCUT2D eigenvalue weighted by atomic mass is 32.1. The number of hydrogen-bond donors (Lipinski definition) is 2. The zero-order valence-corrected chi connectivity index (χ0v) is 13.7. The van der Waals surface area contributed by atoms with Crippen molar-refractivity contribution in [2.45, 2.75) is 6.04 Å². The quantitative estimate of drug-likeness (QED) is 0.587. The van der Waals surface area contributed by atoms with E-state index < -0.39 is 16.7 Å². The normalized spacial score (nSPS) is 16.7. The van der Waals surface area contributed by atoms with Crippen molar-refractivity contribution < 1.29 is 23.8 Å². The zero-order valence-electron chi connectivity index (χ0n) is 12.9. The van der Waals surface area contributed by atoms with Crippen LogP contribution in [-0.4, -0.2) is 43.7 Å². The third-order valence-corrected chi connectivity index (χ3v) is 4.96. The van der Waals surface area contributed by atoms with Crippen LogP contribution in [0.5, 0.6) is 0 Å². The predicted octanol–water partition coefficient (Wildman–Crippen LogP) is 0.636. The van der Waals surface area contributed by atoms with Crippen molar-refractivity contribution in [3.63, 3.8) is 0 Å². The van der Waals surface area contributed by atoms with E-state index in [9.17, 15) is 14.9 Å². The Morgan fingerprint density at radius 3 is 2.79 bits per heavy atom. The lowest BCUT2D eigenvalue weighted by atomic mass is 10.2. The fourth-order valence-electron chi connectivity index (χ4n) is 2.75. The standard InChI is InChI=1S/C15H17N3O5S/c19-15(12-3-4-14(23-12)18(20)21)16-10-11(13-2-1-9-24-13)17-5-7-22-8-6-17/h1-4,9,11H,5-8,10H2,(H,16,19)/p+1/t11-/m1/s1. The van der Waals surface area contributed by atoms with Gasteiger partial charge in [0.1, 0.15) is 24.1 Å². The largest absolute Gasteiger partial charge is 0.433 e. The van der Waals surface area contributed by atoms with E-state index in [4.69, 9.17) is 9.15 Å². The molecule has 128 valence electrons. The number of furan rings is 1. The van der Waals surface area contributed by atoms with E-state index >= 15 is 0 Å². The highest BCUT2D eigenvalue weighted by Gasteiger charge is 2.28. The van der Waals surface area contributed by atoms with Gasteiger partial charge in [-0.3, -0.25) is 14.9 Å². The van der Waals surface area contributed by atoms with E-state index in [0.717, 1.165) is 13.1 Å². The van der Waals surface area contributed by atoms with E-state index in [-0.39, 0.29) is 11.8 Å². The molecular formula is C15H18N3O5S+. The fourth-order valence-corrected chi connectivity index (χ4v) is 3.63. The van der Waals surface area contributed by atoms with Gasteiger partial charge >= 0.3 is 5.88 Å². The monoisotopic (exact) mass is 352 g/mol. The molecule has 0 bridgehead atoms. The van der Waals surface area contributed by atoms with Gasteiger partial charge in [-0.1, -0.05) is 6.07 Å². The molecule has 2 N–H and O–H groups in total. The third kappa shape index (κ3) is 3.81. The molecule has 2 aromatic rings. The number of amides is 1. The Morgan fingerprint density at radius 1 is 1.38 bits per heavy atom. The second kappa shape index (κ2) is 7.56. The number of hydrogen-bond acceptors (Lipinski definition) is 6. The lowest BCUT2D eigenvalue weighted by Crippen LogP contribution is -3.15. The van der Waals surface area contributed by atoms with Gasteiger partial charge in [-0.15, -0.1) is 11.3 Å². The Morgan fingerprint density at radius 2 is 2.17 bits per heavy atom. The summed E-state index contributed by atoms with van der Waals surface area (Å²) < 4.78 is 10.3. The fraction of sp³-hybridized carbons (Fsp3) is 0.400. The first-order valence-electron chi connectivity index (χ1n) is 7.63. The van der Waals surface area contributed by atoms with Gasteiger partial charge in [0.05, 0.1) is 30.7 Å². The third-order valence-electron chi connectivity index (χ3n) is 3.98. The minimum atomic E-state index is -0.664. The first-order chi connectivity index (χ1) is 11.6. The molecule has 1 fully saturated rings. The number of nitrogens with one attached hydrogen (secondary N) is 2. The molecule has 24 heavy (non-hydrogen) atoms. The summed E-state index contributed by atoms with van der Waals surface area (Å²) in [5.74, 6) is -0.935. The number of thiophene rings is 1. The van der Waals surface area contributed by atoms with Crippen molar-refractivity contribution in [3.8, 4) is 0 Å². The summed E-state index contributed by atoms with van der Waals surface area (Å²) in [4.78, 5) is 24.7. The van der Waals surface area contributed by atoms with E-state index in [0.29, 0.717) is 19.8 Å². The number of carbonyl (C=O) groups is 1. The van der Waals surface area contributed by atoms with Crippen molar-refractivity contribution in [3.05, 3.63) is 50.4 Å². The van der Waals surface area contributed by atoms with Gasteiger partial charge in [-0.25, -0.2) is 0 Å². The molecule has 3 rings (SSSR count). The Bertz CT molecular complexity index is 694. The van der Waals surface area contributed by atoms with Crippen molar-refractivity contribution in [2.75, 3.05) is 32.8 Å². The van der Waals surface area contributed by atoms with Crippen LogP contribution in [0.1, 0.15) is 21.5 Å². The number of carbonyl (C=O) groups excluding carboxylic acids is 1. The van der Waals surface area contributed by atoms with Crippen LogP contribution in [0.15, 0.2) is 34.1 Å². The topological polar surface area (TPSA) is 99.0 Å². The summed E-state index contributed by atoms with van der Waals surface area (Å²) in [7, 11) is 0. The minimum absolute atomic E-state index is 0.0522. The van der Waals surface area contributed by atoms with Gasteiger partial charge in [0.15, 0.2) is 5.76 Å². The average Bonchev–Trinajstić information content (AvgIpc) is 3.28. The molecule has 9 heteroatoms. The smallest absolute Gasteiger partial charge is 0.395 e. The molecule has 1 saturated heterocycles. The molecule has 0 spiro atoms. The van der Waals surface area contributed by atoms with Crippen LogP contribution in [0.2, 0.25) is 0 Å². The first kappa shape index (κ1) is 16.6. The van der Waals surface area contributed by atoms with E-state index in [2.05, 4.69) is 11.4 Å². The van der Waals surface area contributed by atoms with Crippen LogP contribution in [0.3, 0.4) is 0 Å². The second-order valence-corrected chi connectivity index (χ2v) is 6.42. The molecule has 1 aliphatic heterocycles. The van der Waals surface area contributed by atoms with Crippen molar-refractivity contribution in [1.29, 1.82) is 0 Å². The van der Waals surface area contributed by atoms with Gasteiger partial charge in [0.25, 0.3) is 5.91 Å². The molecule has 0 unspecified atom stereocenters. The SMILES string of the molecule is O=C(NC[C@H](c1cccs1)[NH+]1CCOCC1)c1ccc([N+](=O)[O-])o1. The zero-order chi connectivity index (χ0) is 16.9. The maximum absolute atomic E-state index is 12.2. The van der Waals surface area contributed by atoms with Gasteiger partial charge < -0.3 is 19.4 Å². The van der Waals surface area contributed by atoms with Gasteiger partial charge in [-0.05, 0) is 17.5 Å². The van der Waals surface area contributed by atoms with Crippen LogP contribution in [0.4, 0.5) is 5.88 Å². The highest BCUT2D eigenvalue weighted by molar-refractivity contribution is 7.10. The summed E-state index contributed by atoms with van der Waals surface area (Å²) in [5, 5.41) is 15.5. The Hall–Kier alpha value is -2.23. The lowest BCUT2D eigenvalue weighted by Gasteiger charge is -2.31. The number of morpholine rings is 1. The summed E-state index contributed by atoms with van der Waals surface area (Å²) in [6.45, 7) is 3.60. The minimum Gasteiger partial charge on any atom is -0.395 e. The maximum Gasteiger partial charge on any atom is 0.433 e. The summed E-state index contributed by atoms with van der Waals surface area (Å²) in [5.41, 5.74) is 0. The molecule has 1 aliphatic rings. The number of ether oxygens (including phenoxy) is 1. The lowest BCUT2D eigenvalue weighted by molar-refractivity contribution is -0.937. The van der Waals surface area contributed by atoms with Crippen LogP contribution < -0.4 is 10.2 Å². The Balaban J connectivity index is 1.66. The molecule has 0 saturated carbocycles. The van der Waals surface area contributed by atoms with Crippen molar-refractivity contribution in [1.82, 2.24) is 5.32 Å². The average molecular weight is 352 g/mol. The molecule has 0 radical (unpaired) electrons. The van der Waals surface area contributed by atoms with Gasteiger partial charge in [0.2, 0.25) is 0 Å². The number of nitrogens with zero attached hydrogens (tertiary/aromatic N) is 1. The Kier molecular flexibility index (Phi) is 5.24. The van der Waals surface area contributed by atoms with E-state index in [1.54, 1.807) is 11.3 Å². The van der Waals surface area contributed by atoms with Crippen LogP contribution in [0, 0.1) is 10.1 Å². The molecule has 3 heterocycles. The van der Waals surface area contributed by atoms with Gasteiger partial charge in [0, 0.05) is 0 Å². The van der Waals surface area contributed by atoms with Crippen LogP contribution in [0.25, 0.3) is 0 Å². The summed E-state index contributed by atoms with van der Waals surface area (Å²) in [6, 6.07) is 6.67. The van der Waals surface area contributed by atoms with Crippen LogP contribution in [-0.2, 0) is 4.74 Å². The Labute approximate surface area is 142 Å². The predicted molar refractivity (Wildman–Crippen MR) is 86.3 cm³/mol. The maximum atomic E-state index is 12.2. The van der Waals surface area contributed by atoms with E-state index in [1.165, 1.54) is 21.9 Å². The molecule has 0 aromatic carbocycles. The molecule has 0 aliphatic carbocycles. The summed E-state index contributed by atoms with van der Waals surface area (Å²) >= 11 is 1.65. The van der Waals surface area contributed by atoms with Crippen molar-refractivity contribution in [2.24, 2.45) is 0 Å². The second-order valence-electron chi connectivity index (χ2n) is 5.44. The van der Waals surface area contributed by atoms with Crippen molar-refractivity contribution >= 4 is 23.1 Å². The molecule has 2 aromatic heterocycles. The van der Waals surface area contributed by atoms with E-state index in [1.807, 2.05) is 11.4 Å². The molecular weight excluding hydrogens is 334 g/mol. The van der Waals surface area contributed by atoms with Crippen LogP contribution >= 0.6 is 11.3 Å². The number of rotatable bonds is 6. The number of quaternary nitrogens is 1.